The van der Waals surface area contributed by atoms with Gasteiger partial charge in [-0.15, -0.1) is 0 Å². The van der Waals surface area contributed by atoms with E-state index in [1.165, 1.54) is 0 Å². The van der Waals surface area contributed by atoms with Crippen LogP contribution < -0.4 is 10.6 Å². The zero-order valence-electron chi connectivity index (χ0n) is 13.0. The van der Waals surface area contributed by atoms with Crippen LogP contribution in [0.25, 0.3) is 0 Å². The van der Waals surface area contributed by atoms with Crippen molar-refractivity contribution in [3.63, 3.8) is 0 Å². The molecule has 0 atom stereocenters. The topological polar surface area (TPSA) is 76.0 Å². The molecule has 2 rings (SSSR count). The predicted molar refractivity (Wildman–Crippen MR) is 79.8 cm³/mol. The Bertz CT molecular complexity index is 496. The molecule has 0 spiro atoms. The number of aromatic nitrogens is 2. The fourth-order valence-electron chi connectivity index (χ4n) is 3.03. The highest BCUT2D eigenvalue weighted by Crippen LogP contribution is 2.28. The molecule has 6 nitrogen and oxygen atoms in total. The first kappa shape index (κ1) is 15.5. The largest absolute Gasteiger partial charge is 0.359 e. The number of aryl methyl sites for hydroxylation is 2. The number of carbonyl (C=O) groups is 2. The quantitative estimate of drug-likeness (QED) is 0.869. The molecule has 1 aliphatic carbocycles. The average Bonchev–Trinajstić information content (AvgIpc) is 2.83. The Hall–Kier alpha value is -1.85. The summed E-state index contributed by atoms with van der Waals surface area (Å²) in [7, 11) is 3.51. The molecule has 0 unspecified atom stereocenters. The summed E-state index contributed by atoms with van der Waals surface area (Å²) in [5, 5.41) is 5.71. The second-order valence-corrected chi connectivity index (χ2v) is 5.83. The van der Waals surface area contributed by atoms with Gasteiger partial charge in [0.2, 0.25) is 5.91 Å². The van der Waals surface area contributed by atoms with E-state index in [9.17, 15) is 9.59 Å². The number of imidazole rings is 1. The molecular weight excluding hydrogens is 268 g/mol. The summed E-state index contributed by atoms with van der Waals surface area (Å²) in [4.78, 5) is 27.9. The molecule has 116 valence electrons. The Balaban J connectivity index is 1.80. The molecule has 1 aliphatic rings. The molecule has 0 aliphatic heterocycles. The van der Waals surface area contributed by atoms with E-state index in [0.717, 1.165) is 31.4 Å². The molecule has 1 heterocycles. The third-order valence-corrected chi connectivity index (χ3v) is 4.35. The van der Waals surface area contributed by atoms with Crippen molar-refractivity contribution in [1.82, 2.24) is 20.2 Å². The normalized spacial score (nSPS) is 21.9. The van der Waals surface area contributed by atoms with Gasteiger partial charge in [0.1, 0.15) is 5.69 Å². The number of nitrogens with zero attached hydrogens (tertiary/aromatic N) is 2. The van der Waals surface area contributed by atoms with Gasteiger partial charge in [0.15, 0.2) is 0 Å². The molecule has 1 aromatic rings. The van der Waals surface area contributed by atoms with Gasteiger partial charge in [-0.25, -0.2) is 4.98 Å². The molecule has 0 radical (unpaired) electrons. The number of rotatable bonds is 4. The standard InChI is InChI=1S/C15H24N4O2/c1-10-13(19(3)9-18-10)15(21)17-8-11-4-6-12(7-5-11)14(20)16-2/h9,11-12H,4-8H2,1-3H3,(H,16,20)(H,17,21). The van der Waals surface area contributed by atoms with Crippen molar-refractivity contribution in [1.29, 1.82) is 0 Å². The van der Waals surface area contributed by atoms with E-state index >= 15 is 0 Å². The van der Waals surface area contributed by atoms with Crippen LogP contribution in [0.2, 0.25) is 0 Å². The maximum absolute atomic E-state index is 12.2. The first-order valence-electron chi connectivity index (χ1n) is 7.50. The van der Waals surface area contributed by atoms with Gasteiger partial charge in [0, 0.05) is 26.6 Å². The van der Waals surface area contributed by atoms with E-state index in [1.807, 2.05) is 14.0 Å². The van der Waals surface area contributed by atoms with Gasteiger partial charge >= 0.3 is 0 Å². The van der Waals surface area contributed by atoms with E-state index in [4.69, 9.17) is 0 Å². The van der Waals surface area contributed by atoms with Crippen LogP contribution in [0.4, 0.5) is 0 Å². The van der Waals surface area contributed by atoms with Crippen molar-refractivity contribution >= 4 is 11.8 Å². The number of amides is 2. The van der Waals surface area contributed by atoms with Crippen molar-refractivity contribution in [3.8, 4) is 0 Å². The zero-order valence-corrected chi connectivity index (χ0v) is 13.0. The number of hydrogen-bond donors (Lipinski definition) is 2. The molecule has 1 fully saturated rings. The van der Waals surface area contributed by atoms with Crippen LogP contribution in [0.1, 0.15) is 41.9 Å². The summed E-state index contributed by atoms with van der Waals surface area (Å²) >= 11 is 0. The van der Waals surface area contributed by atoms with Crippen LogP contribution in [0.15, 0.2) is 6.33 Å². The Labute approximate surface area is 125 Å². The summed E-state index contributed by atoms with van der Waals surface area (Å²) in [6, 6.07) is 0. The van der Waals surface area contributed by atoms with E-state index < -0.39 is 0 Å². The molecule has 0 saturated heterocycles. The maximum Gasteiger partial charge on any atom is 0.269 e. The minimum Gasteiger partial charge on any atom is -0.359 e. The van der Waals surface area contributed by atoms with Gasteiger partial charge < -0.3 is 15.2 Å². The third-order valence-electron chi connectivity index (χ3n) is 4.35. The highest BCUT2D eigenvalue weighted by Gasteiger charge is 2.26. The van der Waals surface area contributed by atoms with E-state index in [-0.39, 0.29) is 17.7 Å². The fourth-order valence-corrected chi connectivity index (χ4v) is 3.03. The number of nitrogens with one attached hydrogen (secondary N) is 2. The molecule has 1 aromatic heterocycles. The highest BCUT2D eigenvalue weighted by atomic mass is 16.2. The molecule has 21 heavy (non-hydrogen) atoms. The van der Waals surface area contributed by atoms with Crippen molar-refractivity contribution < 1.29 is 9.59 Å². The van der Waals surface area contributed by atoms with Crippen LogP contribution in [0.5, 0.6) is 0 Å². The van der Waals surface area contributed by atoms with Crippen molar-refractivity contribution in [2.45, 2.75) is 32.6 Å². The molecule has 1 saturated carbocycles. The van der Waals surface area contributed by atoms with E-state index in [1.54, 1.807) is 17.9 Å². The van der Waals surface area contributed by atoms with Crippen LogP contribution in [-0.2, 0) is 11.8 Å². The lowest BCUT2D eigenvalue weighted by Crippen LogP contribution is -2.35. The van der Waals surface area contributed by atoms with Crippen molar-refractivity contribution in [2.75, 3.05) is 13.6 Å². The molecular formula is C15H24N4O2. The first-order valence-corrected chi connectivity index (χ1v) is 7.50. The lowest BCUT2D eigenvalue weighted by molar-refractivity contribution is -0.125. The van der Waals surface area contributed by atoms with E-state index in [2.05, 4.69) is 15.6 Å². The second-order valence-electron chi connectivity index (χ2n) is 5.83. The van der Waals surface area contributed by atoms with Crippen molar-refractivity contribution in [3.05, 3.63) is 17.7 Å². The average molecular weight is 292 g/mol. The van der Waals surface area contributed by atoms with Crippen LogP contribution in [0.3, 0.4) is 0 Å². The lowest BCUT2D eigenvalue weighted by atomic mass is 9.81. The Morgan fingerprint density at radius 3 is 2.52 bits per heavy atom. The van der Waals surface area contributed by atoms with Gasteiger partial charge in [-0.3, -0.25) is 9.59 Å². The van der Waals surface area contributed by atoms with Gasteiger partial charge in [0.25, 0.3) is 5.91 Å². The molecule has 0 aromatic carbocycles. The Morgan fingerprint density at radius 2 is 2.00 bits per heavy atom. The Morgan fingerprint density at radius 1 is 1.33 bits per heavy atom. The molecule has 0 bridgehead atoms. The van der Waals surface area contributed by atoms with Gasteiger partial charge in [0.05, 0.1) is 12.0 Å². The third kappa shape index (κ3) is 3.62. The SMILES string of the molecule is CNC(=O)C1CCC(CNC(=O)c2c(C)ncn2C)CC1. The molecule has 2 amide bonds. The molecule has 6 heteroatoms. The lowest BCUT2D eigenvalue weighted by Gasteiger charge is -2.27. The number of carbonyl (C=O) groups excluding carboxylic acids is 2. The number of hydrogen-bond acceptors (Lipinski definition) is 3. The maximum atomic E-state index is 12.2. The summed E-state index contributed by atoms with van der Waals surface area (Å²) < 4.78 is 1.74. The fraction of sp³-hybridized carbons (Fsp3) is 0.667. The Kier molecular flexibility index (Phi) is 4.98. The zero-order chi connectivity index (χ0) is 15.4. The van der Waals surface area contributed by atoms with Crippen LogP contribution >= 0.6 is 0 Å². The minimum absolute atomic E-state index is 0.0686. The van der Waals surface area contributed by atoms with E-state index in [0.29, 0.717) is 18.2 Å². The van der Waals surface area contributed by atoms with Gasteiger partial charge in [-0.2, -0.15) is 0 Å². The van der Waals surface area contributed by atoms with Crippen molar-refractivity contribution in [2.24, 2.45) is 18.9 Å². The molecule has 2 N–H and O–H groups in total. The van der Waals surface area contributed by atoms with Gasteiger partial charge in [-0.1, -0.05) is 0 Å². The summed E-state index contributed by atoms with van der Waals surface area (Å²) in [6.45, 7) is 2.51. The summed E-state index contributed by atoms with van der Waals surface area (Å²) in [5.74, 6) is 0.675. The second kappa shape index (κ2) is 6.74. The first-order chi connectivity index (χ1) is 10.0. The highest BCUT2D eigenvalue weighted by molar-refractivity contribution is 5.93. The predicted octanol–water partition coefficient (Wildman–Crippen LogP) is 1.01. The van der Waals surface area contributed by atoms with Gasteiger partial charge in [-0.05, 0) is 38.5 Å². The smallest absolute Gasteiger partial charge is 0.269 e. The van der Waals surface area contributed by atoms with Crippen LogP contribution in [-0.4, -0.2) is 35.0 Å². The monoisotopic (exact) mass is 292 g/mol. The van der Waals surface area contributed by atoms with Crippen LogP contribution in [0, 0.1) is 18.8 Å². The summed E-state index contributed by atoms with van der Waals surface area (Å²) in [6.07, 6.45) is 5.44. The minimum atomic E-state index is -0.0686. The summed E-state index contributed by atoms with van der Waals surface area (Å²) in [5.41, 5.74) is 1.37.